The topological polar surface area (TPSA) is 71.4 Å². The van der Waals surface area contributed by atoms with Crippen LogP contribution in [0.5, 0.6) is 0 Å². The maximum atomic E-state index is 12.0. The second kappa shape index (κ2) is 33.3. The van der Waals surface area contributed by atoms with Crippen molar-refractivity contribution in [2.45, 2.75) is 6.92 Å². The second-order valence-electron chi connectivity index (χ2n) is 6.17. The van der Waals surface area contributed by atoms with Crippen molar-refractivity contribution in [1.29, 1.82) is 0 Å². The van der Waals surface area contributed by atoms with Crippen LogP contribution in [0.3, 0.4) is 0 Å². The first-order valence-corrected chi connectivity index (χ1v) is 26.3. The number of rotatable bonds is 29. The van der Waals surface area contributed by atoms with Crippen molar-refractivity contribution < 1.29 is 18.3 Å². The Morgan fingerprint density at radius 3 is 1.75 bits per heavy atom. The van der Waals surface area contributed by atoms with Gasteiger partial charge in [-0.05, 0) is 5.75 Å². The molecule has 0 aliphatic carbocycles. The first-order chi connectivity index (χ1) is 17.6. The van der Waals surface area contributed by atoms with Gasteiger partial charge in [0, 0.05) is 91.7 Å². The molecule has 0 aliphatic heterocycles. The average molecular weight is 747 g/mol. The van der Waals surface area contributed by atoms with Gasteiger partial charge in [0.2, 0.25) is 0 Å². The minimum absolute atomic E-state index is 0.106. The summed E-state index contributed by atoms with van der Waals surface area (Å²) in [6, 6.07) is 0. The first-order valence-electron chi connectivity index (χ1n) is 10.8. The summed E-state index contributed by atoms with van der Waals surface area (Å²) in [6.45, 7) is 2.13. The molecule has 0 spiro atoms. The van der Waals surface area contributed by atoms with E-state index in [4.69, 9.17) is 5.11 Å². The van der Waals surface area contributed by atoms with E-state index < -0.39 is 21.6 Å². The minimum Gasteiger partial charge on any atom is -0.386 e. The van der Waals surface area contributed by atoms with E-state index in [0.29, 0.717) is 11.5 Å². The molecule has 2 atom stereocenters. The second-order valence-corrected chi connectivity index (χ2v) is 23.9. The molecule has 1 N–H and O–H groups in total. The largest absolute Gasteiger partial charge is 0.386 e. The number of thioether (sulfide) groups is 11. The Hall–Kier alpha value is 3.78. The highest BCUT2D eigenvalue weighted by molar-refractivity contribution is 8.31. The lowest BCUT2D eigenvalue weighted by atomic mass is 10.9. The van der Waals surface area contributed by atoms with Crippen LogP contribution < -0.4 is 0 Å². The van der Waals surface area contributed by atoms with Gasteiger partial charge in [-0.3, -0.25) is 13.2 Å². The van der Waals surface area contributed by atoms with Crippen molar-refractivity contribution in [3.05, 3.63) is 0 Å². The van der Waals surface area contributed by atoms with E-state index >= 15 is 0 Å². The highest BCUT2D eigenvalue weighted by Crippen LogP contribution is 2.25. The average Bonchev–Trinajstić information content (AvgIpc) is 2.86. The van der Waals surface area contributed by atoms with Crippen LogP contribution in [0.15, 0.2) is 0 Å². The molecule has 2 unspecified atom stereocenters. The minimum atomic E-state index is -0.765. The SMILES string of the molecule is CCSCCS(=O)CSCSCSCSCSC(=O)CSCSCSCSCCS(=O)CCSCO. The number of aliphatic hydroxyl groups is 1. The van der Waals surface area contributed by atoms with Crippen molar-refractivity contribution in [3.63, 3.8) is 0 Å². The van der Waals surface area contributed by atoms with Crippen molar-refractivity contribution >= 4 is 156 Å². The van der Waals surface area contributed by atoms with Gasteiger partial charge in [0.25, 0.3) is 0 Å². The summed E-state index contributed by atoms with van der Waals surface area (Å²) in [5.41, 5.74) is 0. The van der Waals surface area contributed by atoms with Crippen LogP contribution in [0.1, 0.15) is 6.92 Å². The zero-order valence-corrected chi connectivity index (χ0v) is 31.1. The van der Waals surface area contributed by atoms with Gasteiger partial charge in [0.15, 0.2) is 5.12 Å². The predicted octanol–water partition coefficient (Wildman–Crippen LogP) is 6.71. The molecular weight excluding hydrogens is 709 g/mol. The van der Waals surface area contributed by atoms with Crippen LogP contribution in [0.4, 0.5) is 0 Å². The van der Waals surface area contributed by atoms with Crippen molar-refractivity contribution in [1.82, 2.24) is 0 Å². The third-order valence-corrected chi connectivity index (χ3v) is 20.2. The standard InChI is InChI=1S/C19H38O4S13/c1-2-24-3-8-36(23)18-33-16-31-14-30-15-32-17-34-19(21)9-27-12-29-13-28-11-26-5-7-35(22)6-4-25-10-20/h20H,2-18H2,1H3. The van der Waals surface area contributed by atoms with Gasteiger partial charge in [-0.2, -0.15) is 23.5 Å². The molecular formula is C19H38O4S13. The molecule has 0 saturated carbocycles. The highest BCUT2D eigenvalue weighted by Gasteiger charge is 2.04. The molecule has 0 rings (SSSR count). The lowest BCUT2D eigenvalue weighted by Crippen LogP contribution is -2.07. The lowest BCUT2D eigenvalue weighted by Gasteiger charge is -2.04. The van der Waals surface area contributed by atoms with E-state index in [-0.39, 0.29) is 11.1 Å². The highest BCUT2D eigenvalue weighted by atomic mass is 32.3. The summed E-state index contributed by atoms with van der Waals surface area (Å²) in [4.78, 5) is 12.0. The Labute approximate surface area is 270 Å². The Kier molecular flexibility index (Phi) is 36.8. The molecule has 17 heteroatoms. The maximum Gasteiger partial charge on any atom is 0.199 e. The molecule has 0 amide bonds. The van der Waals surface area contributed by atoms with Gasteiger partial charge in [-0.15, -0.1) is 94.1 Å². The fourth-order valence-corrected chi connectivity index (χ4v) is 17.8. The van der Waals surface area contributed by atoms with Crippen molar-refractivity contribution in [3.8, 4) is 0 Å². The molecule has 0 fully saturated rings. The zero-order chi connectivity index (χ0) is 26.5. The molecule has 216 valence electrons. The fourth-order valence-electron chi connectivity index (χ4n) is 1.81. The third kappa shape index (κ3) is 32.3. The van der Waals surface area contributed by atoms with Gasteiger partial charge in [-0.1, -0.05) is 18.7 Å². The quantitative estimate of drug-likeness (QED) is 0.0652. The third-order valence-electron chi connectivity index (χ3n) is 3.40. The summed E-state index contributed by atoms with van der Waals surface area (Å²) < 4.78 is 23.5. The zero-order valence-electron chi connectivity index (χ0n) is 20.5. The van der Waals surface area contributed by atoms with Gasteiger partial charge in [0.1, 0.15) is 0 Å². The molecule has 36 heavy (non-hydrogen) atoms. The van der Waals surface area contributed by atoms with Gasteiger partial charge in [-0.25, -0.2) is 0 Å². The van der Waals surface area contributed by atoms with E-state index in [2.05, 4.69) is 6.92 Å². The van der Waals surface area contributed by atoms with Gasteiger partial charge >= 0.3 is 0 Å². The molecule has 0 bridgehead atoms. The fraction of sp³-hybridized carbons (Fsp3) is 0.947. The van der Waals surface area contributed by atoms with Crippen molar-refractivity contribution in [2.24, 2.45) is 0 Å². The Morgan fingerprint density at radius 2 is 1.11 bits per heavy atom. The summed E-state index contributed by atoms with van der Waals surface area (Å²) in [6.07, 6.45) is 0. The number of carbonyl (C=O) groups excluding carboxylic acids is 1. The Bertz CT molecular complexity index is 501. The smallest absolute Gasteiger partial charge is 0.199 e. The molecule has 0 aromatic carbocycles. The predicted molar refractivity (Wildman–Crippen MR) is 195 cm³/mol. The van der Waals surface area contributed by atoms with Gasteiger partial charge < -0.3 is 5.11 Å². The summed E-state index contributed by atoms with van der Waals surface area (Å²) >= 11 is 19.3. The molecule has 0 saturated heterocycles. The van der Waals surface area contributed by atoms with Crippen LogP contribution in [0, 0.1) is 0 Å². The Balaban J connectivity index is 3.27. The normalized spacial score (nSPS) is 13.2. The lowest BCUT2D eigenvalue weighted by molar-refractivity contribution is -0.108. The van der Waals surface area contributed by atoms with Crippen LogP contribution in [-0.4, -0.2) is 111 Å². The first kappa shape index (κ1) is 39.8. The van der Waals surface area contributed by atoms with Crippen LogP contribution >= 0.6 is 129 Å². The van der Waals surface area contributed by atoms with Crippen molar-refractivity contribution in [2.75, 3.05) is 92.6 Å². The van der Waals surface area contributed by atoms with E-state index in [0.717, 1.165) is 75.2 Å². The number of hydrogen-bond acceptors (Lipinski definition) is 15. The van der Waals surface area contributed by atoms with Crippen LogP contribution in [0.2, 0.25) is 0 Å². The molecule has 0 aliphatic rings. The number of aliphatic hydroxyl groups excluding tert-OH is 1. The number of carbonyl (C=O) groups is 1. The molecule has 0 radical (unpaired) electrons. The molecule has 0 aromatic heterocycles. The molecule has 0 heterocycles. The van der Waals surface area contributed by atoms with Gasteiger partial charge in [0.05, 0.1) is 16.8 Å². The Morgan fingerprint density at radius 1 is 0.611 bits per heavy atom. The van der Waals surface area contributed by atoms with Crippen LogP contribution in [-0.2, 0) is 26.4 Å². The van der Waals surface area contributed by atoms with E-state index in [9.17, 15) is 13.2 Å². The monoisotopic (exact) mass is 746 g/mol. The van der Waals surface area contributed by atoms with E-state index in [1.54, 1.807) is 23.5 Å². The van der Waals surface area contributed by atoms with E-state index in [1.807, 2.05) is 82.3 Å². The maximum absolute atomic E-state index is 12.0. The molecule has 4 nitrogen and oxygen atoms in total. The summed E-state index contributed by atoms with van der Waals surface area (Å²) in [5.74, 6) is 6.69. The summed E-state index contributed by atoms with van der Waals surface area (Å²) in [5, 5.41) is 16.6. The molecule has 0 aromatic rings. The summed E-state index contributed by atoms with van der Waals surface area (Å²) in [7, 11) is -1.45. The van der Waals surface area contributed by atoms with E-state index in [1.165, 1.54) is 23.5 Å². The number of hydrogen-bond donors (Lipinski definition) is 1. The van der Waals surface area contributed by atoms with Crippen LogP contribution in [0.25, 0.3) is 0 Å².